The van der Waals surface area contributed by atoms with E-state index in [1.54, 1.807) is 0 Å². The van der Waals surface area contributed by atoms with Crippen molar-refractivity contribution in [1.82, 2.24) is 29.1 Å². The Bertz CT molecular complexity index is 1720. The van der Waals surface area contributed by atoms with E-state index < -0.39 is 0 Å². The van der Waals surface area contributed by atoms with Crippen LogP contribution in [0.1, 0.15) is 0 Å². The quantitative estimate of drug-likeness (QED) is 0.303. The van der Waals surface area contributed by atoms with Gasteiger partial charge >= 0.3 is 0 Å². The van der Waals surface area contributed by atoms with Gasteiger partial charge in [-0.3, -0.25) is 9.13 Å². The number of benzene rings is 4. The third-order valence-corrected chi connectivity index (χ3v) is 6.11. The molecule has 162 valence electrons. The smallest absolute Gasteiger partial charge is 0.183 e. The van der Waals surface area contributed by atoms with Crippen LogP contribution >= 0.6 is 0 Å². The number of H-pyrrole nitrogens is 2. The minimum absolute atomic E-state index is 0.709. The monoisotopic (exact) mass is 440 g/mol. The van der Waals surface area contributed by atoms with Crippen molar-refractivity contribution < 1.29 is 0 Å². The fourth-order valence-corrected chi connectivity index (χ4v) is 4.61. The summed E-state index contributed by atoms with van der Waals surface area (Å²) in [5.41, 5.74) is 9.04. The van der Waals surface area contributed by atoms with Gasteiger partial charge in [-0.2, -0.15) is 0 Å². The molecule has 0 saturated carbocycles. The summed E-state index contributed by atoms with van der Waals surface area (Å²) in [6.45, 7) is 0. The lowest BCUT2D eigenvalue weighted by Gasteiger charge is -2.18. The molecule has 0 saturated heterocycles. The van der Waals surface area contributed by atoms with Crippen molar-refractivity contribution in [2.75, 3.05) is 0 Å². The fourth-order valence-electron chi connectivity index (χ4n) is 4.61. The predicted molar refractivity (Wildman–Crippen MR) is 137 cm³/mol. The first kappa shape index (κ1) is 18.7. The van der Waals surface area contributed by atoms with E-state index in [0.29, 0.717) is 11.3 Å². The third kappa shape index (κ3) is 2.82. The maximum absolute atomic E-state index is 5.23. The minimum atomic E-state index is 0.709. The van der Waals surface area contributed by atoms with Crippen molar-refractivity contribution in [1.29, 1.82) is 0 Å². The Hall–Kier alpha value is -4.84. The zero-order valence-electron chi connectivity index (χ0n) is 18.2. The molecule has 3 heterocycles. The lowest BCUT2D eigenvalue weighted by atomic mass is 10.2. The summed E-state index contributed by atoms with van der Waals surface area (Å²) in [6, 6.07) is 37.0. The number of rotatable bonds is 2. The Morgan fingerprint density at radius 3 is 1.32 bits per heavy atom. The first-order valence-electron chi connectivity index (χ1n) is 11.2. The lowest BCUT2D eigenvalue weighted by Crippen LogP contribution is -2.09. The standard InChI is InChI=1S/C28H20N6/c1-3-11-19(12-4-1)33-23-17-9-7-15-21(23)29-25-27(33)32-28-26(31-25)30-22-16-8-10-18-24(22)34(28)20-13-5-2-6-14-20/h1-18H,(H2,29,30,31). The molecule has 34 heavy (non-hydrogen) atoms. The Morgan fingerprint density at radius 1 is 0.441 bits per heavy atom. The van der Waals surface area contributed by atoms with Crippen LogP contribution in [0.5, 0.6) is 0 Å². The van der Waals surface area contributed by atoms with E-state index in [9.17, 15) is 0 Å². The summed E-state index contributed by atoms with van der Waals surface area (Å²) < 4.78 is 4.33. The van der Waals surface area contributed by atoms with Crippen molar-refractivity contribution >= 4 is 44.7 Å². The maximum atomic E-state index is 5.23. The Labute approximate surface area is 194 Å². The number of hydrogen-bond donors (Lipinski definition) is 2. The molecule has 7 rings (SSSR count). The Balaban J connectivity index is 1.70. The third-order valence-electron chi connectivity index (χ3n) is 6.11. The topological polar surface area (TPSA) is 67.2 Å². The molecule has 0 atom stereocenters. The highest BCUT2D eigenvalue weighted by atomic mass is 15.2. The molecule has 6 nitrogen and oxygen atoms in total. The second kappa shape index (κ2) is 7.35. The van der Waals surface area contributed by atoms with Gasteiger partial charge in [0.05, 0.1) is 22.1 Å². The highest BCUT2D eigenvalue weighted by molar-refractivity contribution is 5.92. The number of nitrogens with one attached hydrogen (secondary N) is 2. The van der Waals surface area contributed by atoms with Gasteiger partial charge < -0.3 is 9.97 Å². The lowest BCUT2D eigenvalue weighted by molar-refractivity contribution is 1.05. The predicted octanol–water partition coefficient (Wildman–Crippen LogP) is 6.45. The zero-order valence-corrected chi connectivity index (χ0v) is 18.2. The number of aromatic amines is 2. The average Bonchev–Trinajstić information content (AvgIpc) is 2.90. The van der Waals surface area contributed by atoms with Crippen LogP contribution in [0.4, 0.5) is 0 Å². The van der Waals surface area contributed by atoms with Gasteiger partial charge in [-0.05, 0) is 48.5 Å². The molecule has 0 fully saturated rings. The average molecular weight is 441 g/mol. The van der Waals surface area contributed by atoms with E-state index in [2.05, 4.69) is 67.6 Å². The van der Waals surface area contributed by atoms with E-state index in [1.807, 2.05) is 60.7 Å². The molecular weight excluding hydrogens is 420 g/mol. The number of nitrogens with zero attached hydrogens (tertiary/aromatic N) is 4. The zero-order chi connectivity index (χ0) is 22.5. The summed E-state index contributed by atoms with van der Waals surface area (Å²) in [7, 11) is 0. The minimum Gasteiger partial charge on any atom is -0.335 e. The van der Waals surface area contributed by atoms with Crippen molar-refractivity contribution in [3.8, 4) is 11.4 Å². The van der Waals surface area contributed by atoms with Crippen molar-refractivity contribution in [3.63, 3.8) is 0 Å². The van der Waals surface area contributed by atoms with Crippen LogP contribution in [0.15, 0.2) is 109 Å². The first-order chi connectivity index (χ1) is 16.9. The van der Waals surface area contributed by atoms with E-state index in [4.69, 9.17) is 9.97 Å². The van der Waals surface area contributed by atoms with Gasteiger partial charge in [0.2, 0.25) is 0 Å². The highest BCUT2D eigenvalue weighted by Crippen LogP contribution is 2.27. The summed E-state index contributed by atoms with van der Waals surface area (Å²) in [5.74, 6) is 0. The van der Waals surface area contributed by atoms with Crippen LogP contribution in [0.2, 0.25) is 0 Å². The molecule has 7 aromatic rings. The van der Waals surface area contributed by atoms with Gasteiger partial charge in [0.1, 0.15) is 0 Å². The summed E-state index contributed by atoms with van der Waals surface area (Å²) in [6.07, 6.45) is 0. The molecule has 0 aliphatic carbocycles. The summed E-state index contributed by atoms with van der Waals surface area (Å²) >= 11 is 0. The second-order valence-electron chi connectivity index (χ2n) is 8.19. The van der Waals surface area contributed by atoms with Crippen LogP contribution in [-0.4, -0.2) is 29.1 Å². The van der Waals surface area contributed by atoms with Gasteiger partial charge in [0.15, 0.2) is 22.6 Å². The second-order valence-corrected chi connectivity index (χ2v) is 8.19. The first-order valence-corrected chi connectivity index (χ1v) is 11.2. The van der Waals surface area contributed by atoms with E-state index >= 15 is 0 Å². The largest absolute Gasteiger partial charge is 0.335 e. The Kier molecular flexibility index (Phi) is 4.04. The molecule has 0 aliphatic heterocycles. The van der Waals surface area contributed by atoms with Gasteiger partial charge in [0, 0.05) is 11.4 Å². The van der Waals surface area contributed by atoms with Gasteiger partial charge in [0.25, 0.3) is 0 Å². The van der Waals surface area contributed by atoms with Gasteiger partial charge in [-0.15, -0.1) is 0 Å². The molecular formula is C28H20N6. The summed E-state index contributed by atoms with van der Waals surface area (Å²) in [5, 5.41) is 0. The molecule has 2 N–H and O–H groups in total. The number of fused-ring (bicyclic) bond motifs is 4. The van der Waals surface area contributed by atoms with Crippen molar-refractivity contribution in [2.45, 2.75) is 0 Å². The summed E-state index contributed by atoms with van der Waals surface area (Å²) in [4.78, 5) is 17.3. The van der Waals surface area contributed by atoms with E-state index in [0.717, 1.165) is 44.7 Å². The van der Waals surface area contributed by atoms with Gasteiger partial charge in [-0.1, -0.05) is 60.7 Å². The number of hydrogen-bond acceptors (Lipinski definition) is 2. The van der Waals surface area contributed by atoms with Crippen molar-refractivity contribution in [3.05, 3.63) is 109 Å². The fraction of sp³-hybridized carbons (Fsp3) is 0. The molecule has 0 amide bonds. The highest BCUT2D eigenvalue weighted by Gasteiger charge is 2.15. The van der Waals surface area contributed by atoms with Crippen LogP contribution < -0.4 is 0 Å². The van der Waals surface area contributed by atoms with Crippen LogP contribution in [-0.2, 0) is 0 Å². The maximum Gasteiger partial charge on any atom is 0.183 e. The molecule has 0 radical (unpaired) electrons. The molecule has 3 aromatic heterocycles. The number of para-hydroxylation sites is 6. The molecule has 0 unspecified atom stereocenters. The van der Waals surface area contributed by atoms with E-state index in [-0.39, 0.29) is 0 Å². The molecule has 0 spiro atoms. The Morgan fingerprint density at radius 2 is 0.853 bits per heavy atom. The van der Waals surface area contributed by atoms with E-state index in [1.165, 1.54) is 0 Å². The van der Waals surface area contributed by atoms with Crippen LogP contribution in [0.25, 0.3) is 56.0 Å². The SMILES string of the molecule is c1ccc(-n2c3ccccc3[nH]c3nc4[nH]c5ccccc5n(-c5ccccc5)c4nc32)cc1. The van der Waals surface area contributed by atoms with Crippen LogP contribution in [0.3, 0.4) is 0 Å². The molecule has 0 bridgehead atoms. The van der Waals surface area contributed by atoms with Crippen LogP contribution in [0, 0.1) is 0 Å². The van der Waals surface area contributed by atoms with Crippen molar-refractivity contribution in [2.24, 2.45) is 0 Å². The van der Waals surface area contributed by atoms with Gasteiger partial charge in [-0.25, -0.2) is 9.97 Å². The molecule has 6 heteroatoms. The number of aromatic nitrogens is 6. The normalized spacial score (nSPS) is 11.5. The molecule has 4 aromatic carbocycles. The molecule has 0 aliphatic rings.